The van der Waals surface area contributed by atoms with Crippen molar-refractivity contribution in [2.75, 3.05) is 27.9 Å². The molecule has 2 fully saturated rings. The number of fused-ring (bicyclic) bond motifs is 1. The Morgan fingerprint density at radius 3 is 2.23 bits per heavy atom. The fourth-order valence-corrected chi connectivity index (χ4v) is 3.95. The molecular formula is C12H23O12PS. The highest BCUT2D eigenvalue weighted by molar-refractivity contribution is 7.80. The Hall–Kier alpha value is -0.0200. The minimum atomic E-state index is -4.87. The number of phosphoric ester groups is 1. The zero-order chi connectivity index (χ0) is 19.8. The van der Waals surface area contributed by atoms with Gasteiger partial charge < -0.3 is 23.8 Å². The minimum absolute atomic E-state index is 0.466. The number of hydrogen-bond donors (Lipinski definition) is 1. The molecule has 0 spiro atoms. The molecule has 0 amide bonds. The van der Waals surface area contributed by atoms with Crippen LogP contribution in [0, 0.1) is 0 Å². The second-order valence-electron chi connectivity index (χ2n) is 5.94. The summed E-state index contributed by atoms with van der Waals surface area (Å²) in [5.74, 6) is -1.08. The largest absolute Gasteiger partial charge is 0.606 e. The van der Waals surface area contributed by atoms with Crippen LogP contribution in [0.5, 0.6) is 0 Å². The molecule has 12 nitrogen and oxygen atoms in total. The first-order chi connectivity index (χ1) is 11.9. The van der Waals surface area contributed by atoms with E-state index in [9.17, 15) is 13.3 Å². The molecule has 0 saturated carbocycles. The average molecular weight is 422 g/mol. The highest BCUT2D eigenvalue weighted by atomic mass is 32.3. The summed E-state index contributed by atoms with van der Waals surface area (Å²) in [6.45, 7) is 2.75. The molecule has 0 aromatic carbocycles. The molecule has 2 heterocycles. The molecular weight excluding hydrogens is 399 g/mol. The number of ether oxygens (including phenoxy) is 4. The summed E-state index contributed by atoms with van der Waals surface area (Å²) in [6, 6.07) is 0. The van der Waals surface area contributed by atoms with Crippen molar-refractivity contribution in [1.82, 2.24) is 0 Å². The molecule has 1 N–H and O–H groups in total. The molecule has 0 aromatic heterocycles. The molecule has 0 aromatic rings. The maximum Gasteiger partial charge on any atom is 0.397 e. The van der Waals surface area contributed by atoms with E-state index in [-0.39, 0.29) is 0 Å². The van der Waals surface area contributed by atoms with Crippen LogP contribution in [-0.4, -0.2) is 77.4 Å². The Balaban J connectivity index is 2.25. The Kier molecular flexibility index (Phi) is 6.98. The Morgan fingerprint density at radius 1 is 1.15 bits per heavy atom. The van der Waals surface area contributed by atoms with Gasteiger partial charge >= 0.3 is 18.6 Å². The maximum absolute atomic E-state index is 12.0. The summed E-state index contributed by atoms with van der Waals surface area (Å²) in [6.07, 6.45) is -5.32. The van der Waals surface area contributed by atoms with E-state index in [1.165, 1.54) is 7.11 Å². The monoisotopic (exact) mass is 422 g/mol. The Morgan fingerprint density at radius 2 is 1.73 bits per heavy atom. The van der Waals surface area contributed by atoms with Gasteiger partial charge in [-0.05, 0) is 13.8 Å². The van der Waals surface area contributed by atoms with Crippen LogP contribution in [0.3, 0.4) is 0 Å². The quantitative estimate of drug-likeness (QED) is 0.393. The topological polar surface area (TPSA) is 151 Å². The van der Waals surface area contributed by atoms with Gasteiger partial charge in [0, 0.05) is 7.11 Å². The van der Waals surface area contributed by atoms with Crippen molar-refractivity contribution in [1.29, 1.82) is 0 Å². The van der Waals surface area contributed by atoms with E-state index in [4.69, 9.17) is 32.2 Å². The predicted octanol–water partition coefficient (Wildman–Crippen LogP) is -0.587. The minimum Gasteiger partial charge on any atom is -0.606 e. The number of rotatable bonds is 8. The molecule has 2 saturated heterocycles. The molecule has 2 aliphatic rings. The molecule has 0 radical (unpaired) electrons. The SMILES string of the molecule is CO[C@H]1O[C@H](CO[P+]([O-])(OC)OC)[C@@H](OS(=O)(=O)O)[C@@H]2OC(C)(C)O[C@H]12. The lowest BCUT2D eigenvalue weighted by Crippen LogP contribution is -2.59. The van der Waals surface area contributed by atoms with Crippen LogP contribution in [-0.2, 0) is 47.1 Å². The van der Waals surface area contributed by atoms with Crippen LogP contribution >= 0.6 is 8.17 Å². The van der Waals surface area contributed by atoms with Gasteiger partial charge in [-0.25, -0.2) is 4.18 Å². The van der Waals surface area contributed by atoms with Gasteiger partial charge in [-0.3, -0.25) is 4.55 Å². The summed E-state index contributed by atoms with van der Waals surface area (Å²) in [5, 5.41) is 0. The third-order valence-electron chi connectivity index (χ3n) is 3.74. The molecule has 0 bridgehead atoms. The average Bonchev–Trinajstić information content (AvgIpc) is 2.88. The van der Waals surface area contributed by atoms with Crippen molar-refractivity contribution in [3.8, 4) is 0 Å². The van der Waals surface area contributed by atoms with Gasteiger partial charge in [0.15, 0.2) is 12.1 Å². The van der Waals surface area contributed by atoms with Crippen molar-refractivity contribution >= 4 is 18.6 Å². The zero-order valence-corrected chi connectivity index (χ0v) is 16.6. The van der Waals surface area contributed by atoms with Gasteiger partial charge in [0.05, 0.1) is 14.2 Å². The van der Waals surface area contributed by atoms with Crippen LogP contribution in [0.1, 0.15) is 13.8 Å². The van der Waals surface area contributed by atoms with E-state index in [0.717, 1.165) is 14.2 Å². The highest BCUT2D eigenvalue weighted by Gasteiger charge is 2.57. The second-order valence-corrected chi connectivity index (χ2v) is 8.87. The van der Waals surface area contributed by atoms with E-state index in [0.29, 0.717) is 0 Å². The van der Waals surface area contributed by atoms with Crippen molar-refractivity contribution in [3.63, 3.8) is 0 Å². The smallest absolute Gasteiger partial charge is 0.397 e. The summed E-state index contributed by atoms with van der Waals surface area (Å²) in [5.41, 5.74) is 0. The van der Waals surface area contributed by atoms with Crippen LogP contribution in [0.15, 0.2) is 0 Å². The zero-order valence-electron chi connectivity index (χ0n) is 14.9. The van der Waals surface area contributed by atoms with E-state index in [1.54, 1.807) is 13.8 Å². The molecule has 0 aliphatic carbocycles. The molecule has 0 unspecified atom stereocenters. The summed E-state index contributed by atoms with van der Waals surface area (Å²) in [7, 11) is -5.15. The van der Waals surface area contributed by atoms with E-state index in [1.807, 2.05) is 0 Å². The van der Waals surface area contributed by atoms with E-state index >= 15 is 0 Å². The van der Waals surface area contributed by atoms with E-state index in [2.05, 4.69) is 9.05 Å². The third-order valence-corrected chi connectivity index (χ3v) is 5.57. The molecule has 2 aliphatic heterocycles. The summed E-state index contributed by atoms with van der Waals surface area (Å²) >= 11 is 0. The van der Waals surface area contributed by atoms with E-state index < -0.39 is 61.7 Å². The van der Waals surface area contributed by atoms with Gasteiger partial charge in [-0.2, -0.15) is 22.0 Å². The molecule has 154 valence electrons. The fraction of sp³-hybridized carbons (Fsp3) is 1.00. The van der Waals surface area contributed by atoms with Crippen LogP contribution < -0.4 is 4.89 Å². The lowest BCUT2D eigenvalue weighted by molar-refractivity contribution is -0.278. The van der Waals surface area contributed by atoms with Gasteiger partial charge in [0.25, 0.3) is 0 Å². The molecule has 26 heavy (non-hydrogen) atoms. The summed E-state index contributed by atoms with van der Waals surface area (Å²) in [4.78, 5) is 12.0. The van der Waals surface area contributed by atoms with Crippen molar-refractivity contribution in [3.05, 3.63) is 0 Å². The third kappa shape index (κ3) is 5.28. The second kappa shape index (κ2) is 8.15. The van der Waals surface area contributed by atoms with Crippen molar-refractivity contribution in [2.45, 2.75) is 50.3 Å². The fourth-order valence-electron chi connectivity index (χ4n) is 2.75. The van der Waals surface area contributed by atoms with Gasteiger partial charge in [-0.1, -0.05) is 0 Å². The first-order valence-corrected chi connectivity index (χ1v) is 10.3. The standard InChI is InChI=1S/C12H23O12PS/c1-12(2)22-9-8(24-26(14,15)16)7(6-20-25(13,18-4)19-5)21-11(17-3)10(9)23-12/h7-11H,6H2,1-5H3,(H,14,15,16)/t7-,8-,9+,10+,11+/m1/s1. The van der Waals surface area contributed by atoms with Gasteiger partial charge in [0.1, 0.15) is 31.0 Å². The van der Waals surface area contributed by atoms with Gasteiger partial charge in [-0.15, -0.1) is 0 Å². The van der Waals surface area contributed by atoms with Gasteiger partial charge in [0.2, 0.25) is 0 Å². The highest BCUT2D eigenvalue weighted by Crippen LogP contribution is 2.52. The van der Waals surface area contributed by atoms with Crippen LogP contribution in [0.2, 0.25) is 0 Å². The summed E-state index contributed by atoms with van der Waals surface area (Å²) < 4.78 is 72.9. The lowest BCUT2D eigenvalue weighted by Gasteiger charge is -2.40. The normalized spacial score (nSPS) is 34.7. The predicted molar refractivity (Wildman–Crippen MR) is 82.8 cm³/mol. The Bertz CT molecular complexity index is 579. The first kappa shape index (κ1) is 22.3. The number of phosphoric acid groups is 1. The van der Waals surface area contributed by atoms with Crippen LogP contribution in [0.25, 0.3) is 0 Å². The van der Waals surface area contributed by atoms with Crippen molar-refractivity contribution < 1.29 is 54.6 Å². The lowest BCUT2D eigenvalue weighted by atomic mass is 9.99. The first-order valence-electron chi connectivity index (χ1n) is 7.49. The molecule has 14 heteroatoms. The Labute approximate surface area is 152 Å². The molecule has 2 rings (SSSR count). The molecule has 5 atom stereocenters. The maximum atomic E-state index is 12.0. The van der Waals surface area contributed by atoms with Crippen LogP contribution in [0.4, 0.5) is 0 Å². The van der Waals surface area contributed by atoms with Crippen molar-refractivity contribution in [2.24, 2.45) is 0 Å². The number of methoxy groups -OCH3 is 1. The number of hydrogen-bond acceptors (Lipinski definition) is 11.